The standard InChI is InChI=1S/C12H19NS/c1-12(2,3)14-11-7-5-10(6-8-11)9-13-4/h5-8,13H,9H2,1-4H3. The maximum absolute atomic E-state index is 3.14. The van der Waals surface area contributed by atoms with Gasteiger partial charge in [-0.3, -0.25) is 0 Å². The topological polar surface area (TPSA) is 12.0 Å². The van der Waals surface area contributed by atoms with E-state index in [-0.39, 0.29) is 0 Å². The van der Waals surface area contributed by atoms with Crippen molar-refractivity contribution in [1.29, 1.82) is 0 Å². The van der Waals surface area contributed by atoms with Crippen molar-refractivity contribution in [2.75, 3.05) is 7.05 Å². The molecular formula is C12H19NS. The average Bonchev–Trinajstić information content (AvgIpc) is 2.06. The fourth-order valence-corrected chi connectivity index (χ4v) is 2.21. The zero-order valence-electron chi connectivity index (χ0n) is 9.42. The van der Waals surface area contributed by atoms with Crippen LogP contribution in [0.2, 0.25) is 0 Å². The van der Waals surface area contributed by atoms with Crippen LogP contribution >= 0.6 is 11.8 Å². The average molecular weight is 209 g/mol. The number of rotatable bonds is 3. The molecule has 0 amide bonds. The predicted molar refractivity (Wildman–Crippen MR) is 64.8 cm³/mol. The number of nitrogens with one attached hydrogen (secondary N) is 1. The van der Waals surface area contributed by atoms with Gasteiger partial charge in [0, 0.05) is 16.2 Å². The minimum absolute atomic E-state index is 0.296. The summed E-state index contributed by atoms with van der Waals surface area (Å²) < 4.78 is 0.296. The van der Waals surface area contributed by atoms with Gasteiger partial charge < -0.3 is 5.32 Å². The van der Waals surface area contributed by atoms with E-state index in [2.05, 4.69) is 50.4 Å². The summed E-state index contributed by atoms with van der Waals surface area (Å²) in [7, 11) is 1.97. The molecule has 1 rings (SSSR count). The highest BCUT2D eigenvalue weighted by molar-refractivity contribution is 8.00. The summed E-state index contributed by atoms with van der Waals surface area (Å²) in [5.41, 5.74) is 1.34. The molecular weight excluding hydrogens is 190 g/mol. The molecule has 78 valence electrons. The molecule has 0 saturated carbocycles. The minimum Gasteiger partial charge on any atom is -0.316 e. The lowest BCUT2D eigenvalue weighted by molar-refractivity contribution is 0.801. The van der Waals surface area contributed by atoms with E-state index in [0.29, 0.717) is 4.75 Å². The van der Waals surface area contributed by atoms with Crippen LogP contribution in [0.5, 0.6) is 0 Å². The Morgan fingerprint density at radius 1 is 1.14 bits per heavy atom. The molecule has 2 heteroatoms. The van der Waals surface area contributed by atoms with Gasteiger partial charge in [0.15, 0.2) is 0 Å². The van der Waals surface area contributed by atoms with Crippen LogP contribution in [0.25, 0.3) is 0 Å². The van der Waals surface area contributed by atoms with Crippen LogP contribution in [0, 0.1) is 0 Å². The first-order valence-corrected chi connectivity index (χ1v) is 5.75. The van der Waals surface area contributed by atoms with Crippen LogP contribution in [0.15, 0.2) is 29.2 Å². The smallest absolute Gasteiger partial charge is 0.0202 e. The fourth-order valence-electron chi connectivity index (χ4n) is 1.23. The summed E-state index contributed by atoms with van der Waals surface area (Å²) in [4.78, 5) is 1.34. The highest BCUT2D eigenvalue weighted by Gasteiger charge is 2.11. The normalized spacial score (nSPS) is 11.7. The molecule has 1 aromatic rings. The Morgan fingerprint density at radius 3 is 2.14 bits per heavy atom. The lowest BCUT2D eigenvalue weighted by Gasteiger charge is -2.17. The molecule has 1 nitrogen and oxygen atoms in total. The summed E-state index contributed by atoms with van der Waals surface area (Å²) >= 11 is 1.91. The van der Waals surface area contributed by atoms with Gasteiger partial charge in [0.1, 0.15) is 0 Å². The lowest BCUT2D eigenvalue weighted by atomic mass is 10.2. The Kier molecular flexibility index (Phi) is 4.02. The second kappa shape index (κ2) is 4.85. The maximum atomic E-state index is 3.14. The second-order valence-electron chi connectivity index (χ2n) is 4.39. The largest absolute Gasteiger partial charge is 0.316 e. The molecule has 0 radical (unpaired) electrons. The van der Waals surface area contributed by atoms with Crippen LogP contribution < -0.4 is 5.32 Å². The molecule has 0 spiro atoms. The van der Waals surface area contributed by atoms with Crippen LogP contribution in [0.4, 0.5) is 0 Å². The van der Waals surface area contributed by atoms with Crippen molar-refractivity contribution in [2.45, 2.75) is 37.0 Å². The molecule has 14 heavy (non-hydrogen) atoms. The molecule has 0 aromatic heterocycles. The Labute approximate surface area is 91.3 Å². The van der Waals surface area contributed by atoms with E-state index in [0.717, 1.165) is 6.54 Å². The number of benzene rings is 1. The fraction of sp³-hybridized carbons (Fsp3) is 0.500. The van der Waals surface area contributed by atoms with Crippen molar-refractivity contribution < 1.29 is 0 Å². The van der Waals surface area contributed by atoms with Gasteiger partial charge in [-0.2, -0.15) is 0 Å². The third-order valence-corrected chi connectivity index (χ3v) is 2.85. The Morgan fingerprint density at radius 2 is 1.71 bits per heavy atom. The predicted octanol–water partition coefficient (Wildman–Crippen LogP) is 3.30. The first kappa shape index (κ1) is 11.6. The molecule has 0 atom stereocenters. The maximum Gasteiger partial charge on any atom is 0.0202 e. The highest BCUT2D eigenvalue weighted by atomic mass is 32.2. The summed E-state index contributed by atoms with van der Waals surface area (Å²) in [5.74, 6) is 0. The molecule has 1 N–H and O–H groups in total. The van der Waals surface area contributed by atoms with Crippen molar-refractivity contribution in [1.82, 2.24) is 5.32 Å². The van der Waals surface area contributed by atoms with Crippen molar-refractivity contribution in [3.63, 3.8) is 0 Å². The molecule has 0 aliphatic carbocycles. The van der Waals surface area contributed by atoms with Gasteiger partial charge in [-0.05, 0) is 24.7 Å². The molecule has 0 unspecified atom stereocenters. The molecule has 0 aliphatic rings. The van der Waals surface area contributed by atoms with Gasteiger partial charge in [-0.15, -0.1) is 11.8 Å². The van der Waals surface area contributed by atoms with E-state index in [1.807, 2.05) is 18.8 Å². The number of hydrogen-bond acceptors (Lipinski definition) is 2. The molecule has 0 fully saturated rings. The first-order chi connectivity index (χ1) is 6.51. The second-order valence-corrected chi connectivity index (χ2v) is 6.29. The van der Waals surface area contributed by atoms with Gasteiger partial charge >= 0.3 is 0 Å². The summed E-state index contributed by atoms with van der Waals surface area (Å²) in [6.07, 6.45) is 0. The minimum atomic E-state index is 0.296. The summed E-state index contributed by atoms with van der Waals surface area (Å²) in [6.45, 7) is 7.65. The quantitative estimate of drug-likeness (QED) is 0.767. The van der Waals surface area contributed by atoms with E-state index in [1.54, 1.807) is 0 Å². The van der Waals surface area contributed by atoms with Crippen LogP contribution in [0.1, 0.15) is 26.3 Å². The first-order valence-electron chi connectivity index (χ1n) is 4.94. The highest BCUT2D eigenvalue weighted by Crippen LogP contribution is 2.31. The third-order valence-electron chi connectivity index (χ3n) is 1.73. The Bertz CT molecular complexity index is 271. The van der Waals surface area contributed by atoms with Crippen LogP contribution in [-0.4, -0.2) is 11.8 Å². The number of hydrogen-bond donors (Lipinski definition) is 1. The van der Waals surface area contributed by atoms with Crippen molar-refractivity contribution in [2.24, 2.45) is 0 Å². The van der Waals surface area contributed by atoms with E-state index < -0.39 is 0 Å². The van der Waals surface area contributed by atoms with E-state index >= 15 is 0 Å². The monoisotopic (exact) mass is 209 g/mol. The van der Waals surface area contributed by atoms with Crippen LogP contribution in [0.3, 0.4) is 0 Å². The Hall–Kier alpha value is -0.470. The van der Waals surface area contributed by atoms with Gasteiger partial charge in [0.05, 0.1) is 0 Å². The van der Waals surface area contributed by atoms with Crippen LogP contribution in [-0.2, 0) is 6.54 Å². The molecule has 0 bridgehead atoms. The van der Waals surface area contributed by atoms with E-state index in [9.17, 15) is 0 Å². The SMILES string of the molecule is CNCc1ccc(SC(C)(C)C)cc1. The lowest BCUT2D eigenvalue weighted by Crippen LogP contribution is -2.07. The van der Waals surface area contributed by atoms with Crippen molar-refractivity contribution in [3.05, 3.63) is 29.8 Å². The van der Waals surface area contributed by atoms with Gasteiger partial charge in [-0.1, -0.05) is 32.9 Å². The number of thioether (sulfide) groups is 1. The zero-order chi connectivity index (χ0) is 10.6. The van der Waals surface area contributed by atoms with Gasteiger partial charge in [-0.25, -0.2) is 0 Å². The summed E-state index contributed by atoms with van der Waals surface area (Å²) in [6, 6.07) is 8.76. The zero-order valence-corrected chi connectivity index (χ0v) is 10.2. The molecule has 1 aromatic carbocycles. The third kappa shape index (κ3) is 4.16. The molecule has 0 aliphatic heterocycles. The van der Waals surface area contributed by atoms with Gasteiger partial charge in [0.25, 0.3) is 0 Å². The van der Waals surface area contributed by atoms with Gasteiger partial charge in [0.2, 0.25) is 0 Å². The summed E-state index contributed by atoms with van der Waals surface area (Å²) in [5, 5.41) is 3.14. The van der Waals surface area contributed by atoms with Crippen molar-refractivity contribution in [3.8, 4) is 0 Å². The molecule has 0 heterocycles. The van der Waals surface area contributed by atoms with E-state index in [1.165, 1.54) is 10.5 Å². The van der Waals surface area contributed by atoms with E-state index in [4.69, 9.17) is 0 Å². The molecule has 0 saturated heterocycles. The van der Waals surface area contributed by atoms with Crippen molar-refractivity contribution >= 4 is 11.8 Å². The Balaban J connectivity index is 2.64.